The molecule has 1 unspecified atom stereocenters. The molecule has 0 N–H and O–H groups in total. The molecule has 2 rings (SSSR count). The van der Waals surface area contributed by atoms with Crippen molar-refractivity contribution in [3.05, 3.63) is 39.4 Å². The number of hydrogen-bond donors (Lipinski definition) is 0. The second-order valence-electron chi connectivity index (χ2n) is 3.31. The zero-order valence-corrected chi connectivity index (χ0v) is 9.86. The fraction of sp³-hybridized carbons (Fsp3) is 0.200. The Labute approximate surface area is 102 Å². The largest absolute Gasteiger partial charge is 0.288 e. The highest BCUT2D eigenvalue weighted by Crippen LogP contribution is 2.22. The van der Waals surface area contributed by atoms with Crippen LogP contribution in [0.2, 0.25) is 0 Å². The molecule has 0 saturated carbocycles. The van der Waals surface area contributed by atoms with Gasteiger partial charge in [-0.1, -0.05) is 0 Å². The Balaban J connectivity index is 2.76. The first kappa shape index (κ1) is 12.1. The molecule has 0 radical (unpaired) electrons. The molecule has 2 aromatic heterocycles. The molecule has 0 aromatic carbocycles. The summed E-state index contributed by atoms with van der Waals surface area (Å²) in [5.41, 5.74) is -0.789. The average molecular weight is 307 g/mol. The maximum Gasteiger partial charge on any atom is 0.288 e. The smallest absolute Gasteiger partial charge is 0.270 e. The quantitative estimate of drug-likeness (QED) is 0.800. The van der Waals surface area contributed by atoms with Crippen molar-refractivity contribution < 1.29 is 13.2 Å². The van der Waals surface area contributed by atoms with E-state index in [2.05, 4.69) is 20.9 Å². The van der Waals surface area contributed by atoms with Crippen molar-refractivity contribution in [2.24, 2.45) is 0 Å². The van der Waals surface area contributed by atoms with Gasteiger partial charge in [-0.05, 0) is 28.1 Å². The standard InChI is InChI=1S/C10H6BrF3N2O/c11-7-3-5-1-2-8(17)16(6(5)4-15-7)10(14)9(12)13/h1-4,9-10H. The molecule has 0 amide bonds. The highest BCUT2D eigenvalue weighted by Gasteiger charge is 2.23. The van der Waals surface area contributed by atoms with Gasteiger partial charge in [-0.25, -0.2) is 18.2 Å². The number of alkyl halides is 3. The van der Waals surface area contributed by atoms with Crippen LogP contribution in [0.4, 0.5) is 13.2 Å². The van der Waals surface area contributed by atoms with Gasteiger partial charge in [0.25, 0.3) is 12.0 Å². The summed E-state index contributed by atoms with van der Waals surface area (Å²) >= 11 is 3.10. The van der Waals surface area contributed by atoms with Crippen LogP contribution in [0.1, 0.15) is 6.30 Å². The number of pyridine rings is 2. The van der Waals surface area contributed by atoms with Gasteiger partial charge >= 0.3 is 0 Å². The minimum atomic E-state index is -3.26. The fourth-order valence-electron chi connectivity index (χ4n) is 1.50. The van der Waals surface area contributed by atoms with Crippen LogP contribution in [-0.4, -0.2) is 16.0 Å². The van der Waals surface area contributed by atoms with Crippen molar-refractivity contribution in [1.29, 1.82) is 0 Å². The minimum absolute atomic E-state index is 0.0356. The highest BCUT2D eigenvalue weighted by atomic mass is 79.9. The van der Waals surface area contributed by atoms with Crippen molar-refractivity contribution in [3.63, 3.8) is 0 Å². The summed E-state index contributed by atoms with van der Waals surface area (Å²) < 4.78 is 38.9. The predicted molar refractivity (Wildman–Crippen MR) is 59.9 cm³/mol. The summed E-state index contributed by atoms with van der Waals surface area (Å²) in [6.07, 6.45) is -4.76. The lowest BCUT2D eigenvalue weighted by molar-refractivity contribution is 0.00861. The molecule has 3 nitrogen and oxygen atoms in total. The van der Waals surface area contributed by atoms with E-state index in [9.17, 15) is 18.0 Å². The van der Waals surface area contributed by atoms with Gasteiger partial charge in [0.1, 0.15) is 4.60 Å². The second kappa shape index (κ2) is 4.48. The van der Waals surface area contributed by atoms with Crippen LogP contribution >= 0.6 is 15.9 Å². The number of hydrogen-bond acceptors (Lipinski definition) is 2. The van der Waals surface area contributed by atoms with E-state index in [1.807, 2.05) is 0 Å². The van der Waals surface area contributed by atoms with Gasteiger partial charge in [0.15, 0.2) is 0 Å². The van der Waals surface area contributed by atoms with Crippen LogP contribution in [0.5, 0.6) is 0 Å². The van der Waals surface area contributed by atoms with Crippen LogP contribution in [0.25, 0.3) is 10.9 Å². The summed E-state index contributed by atoms with van der Waals surface area (Å²) in [6.45, 7) is 0. The third-order valence-electron chi connectivity index (χ3n) is 2.24. The van der Waals surface area contributed by atoms with E-state index < -0.39 is 18.3 Å². The van der Waals surface area contributed by atoms with Gasteiger partial charge in [-0.2, -0.15) is 0 Å². The van der Waals surface area contributed by atoms with E-state index >= 15 is 0 Å². The lowest BCUT2D eigenvalue weighted by atomic mass is 10.2. The third kappa shape index (κ3) is 2.19. The molecule has 0 aliphatic heterocycles. The van der Waals surface area contributed by atoms with Crippen molar-refractivity contribution >= 4 is 26.8 Å². The van der Waals surface area contributed by atoms with Gasteiger partial charge < -0.3 is 0 Å². The van der Waals surface area contributed by atoms with Crippen molar-refractivity contribution in [2.75, 3.05) is 0 Å². The zero-order chi connectivity index (χ0) is 12.6. The first-order chi connectivity index (χ1) is 8.00. The van der Waals surface area contributed by atoms with E-state index in [-0.39, 0.29) is 5.52 Å². The lowest BCUT2D eigenvalue weighted by Gasteiger charge is -2.13. The van der Waals surface area contributed by atoms with Crippen molar-refractivity contribution in [1.82, 2.24) is 9.55 Å². The molecular formula is C10H6BrF3N2O. The molecule has 2 aromatic rings. The Hall–Kier alpha value is -1.37. The highest BCUT2D eigenvalue weighted by molar-refractivity contribution is 9.10. The molecular weight excluding hydrogens is 301 g/mol. The summed E-state index contributed by atoms with van der Waals surface area (Å²) in [5.74, 6) is 0. The van der Waals surface area contributed by atoms with E-state index in [0.717, 1.165) is 6.07 Å². The molecule has 7 heteroatoms. The predicted octanol–water partition coefficient (Wildman–Crippen LogP) is 2.89. The van der Waals surface area contributed by atoms with Crippen molar-refractivity contribution in [3.8, 4) is 0 Å². The number of rotatable bonds is 2. The second-order valence-corrected chi connectivity index (χ2v) is 4.13. The minimum Gasteiger partial charge on any atom is -0.270 e. The molecule has 17 heavy (non-hydrogen) atoms. The van der Waals surface area contributed by atoms with Crippen molar-refractivity contribution in [2.45, 2.75) is 12.7 Å². The number of aromatic nitrogens is 2. The topological polar surface area (TPSA) is 34.9 Å². The normalized spacial score (nSPS) is 13.2. The first-order valence-corrected chi connectivity index (χ1v) is 5.39. The Morgan fingerprint density at radius 3 is 2.65 bits per heavy atom. The Morgan fingerprint density at radius 2 is 2.00 bits per heavy atom. The van der Waals surface area contributed by atoms with E-state index in [1.54, 1.807) is 0 Å². The van der Waals surface area contributed by atoms with Gasteiger partial charge in [-0.3, -0.25) is 9.36 Å². The molecule has 0 aliphatic rings. The molecule has 0 spiro atoms. The maximum absolute atomic E-state index is 13.3. The lowest BCUT2D eigenvalue weighted by Crippen LogP contribution is -2.26. The van der Waals surface area contributed by atoms with Gasteiger partial charge in [0, 0.05) is 11.5 Å². The average Bonchev–Trinajstić information content (AvgIpc) is 2.28. The summed E-state index contributed by atoms with van der Waals surface area (Å²) in [6, 6.07) is 3.99. The van der Waals surface area contributed by atoms with Gasteiger partial charge in [-0.15, -0.1) is 0 Å². The molecule has 2 heterocycles. The first-order valence-electron chi connectivity index (χ1n) is 4.60. The molecule has 0 aliphatic carbocycles. The van der Waals surface area contributed by atoms with Gasteiger partial charge in [0.2, 0.25) is 6.30 Å². The van der Waals surface area contributed by atoms with Crippen LogP contribution in [0.15, 0.2) is 33.8 Å². The number of nitrogens with zero attached hydrogens (tertiary/aromatic N) is 2. The summed E-state index contributed by atoms with van der Waals surface area (Å²) in [5, 5.41) is 0.453. The molecule has 90 valence electrons. The molecule has 1 atom stereocenters. The number of halogens is 4. The third-order valence-corrected chi connectivity index (χ3v) is 2.67. The van der Waals surface area contributed by atoms with Crippen LogP contribution in [0, 0.1) is 0 Å². The van der Waals surface area contributed by atoms with E-state index in [0.29, 0.717) is 14.6 Å². The van der Waals surface area contributed by atoms with Crippen LogP contribution in [0.3, 0.4) is 0 Å². The maximum atomic E-state index is 13.3. The summed E-state index contributed by atoms with van der Waals surface area (Å²) in [4.78, 5) is 15.2. The number of fused-ring (bicyclic) bond motifs is 1. The summed E-state index contributed by atoms with van der Waals surface area (Å²) in [7, 11) is 0. The SMILES string of the molecule is O=c1ccc2cc(Br)ncc2n1C(F)C(F)F. The fourth-order valence-corrected chi connectivity index (χ4v) is 1.85. The Kier molecular flexibility index (Phi) is 3.19. The van der Waals surface area contributed by atoms with Crippen LogP contribution in [-0.2, 0) is 0 Å². The van der Waals surface area contributed by atoms with Gasteiger partial charge in [0.05, 0.1) is 11.7 Å². The van der Waals surface area contributed by atoms with E-state index in [4.69, 9.17) is 0 Å². The monoisotopic (exact) mass is 306 g/mol. The Bertz CT molecular complexity index is 614. The zero-order valence-electron chi connectivity index (χ0n) is 8.28. The van der Waals surface area contributed by atoms with Crippen LogP contribution < -0.4 is 5.56 Å². The molecule has 0 bridgehead atoms. The Morgan fingerprint density at radius 1 is 1.29 bits per heavy atom. The molecule has 0 saturated heterocycles. The van der Waals surface area contributed by atoms with E-state index in [1.165, 1.54) is 18.3 Å². The molecule has 0 fully saturated rings.